The molecule has 0 bridgehead atoms. The van der Waals surface area contributed by atoms with Gasteiger partial charge in [-0.3, -0.25) is 9.59 Å². The average molecular weight is 419 g/mol. The van der Waals surface area contributed by atoms with Crippen LogP contribution in [0.4, 0.5) is 0 Å². The highest BCUT2D eigenvalue weighted by atomic mass is 16.5. The molecule has 0 heterocycles. The Morgan fingerprint density at radius 3 is 2.70 bits per heavy atom. The molecule has 4 aliphatic carbocycles. The lowest BCUT2D eigenvalue weighted by Crippen LogP contribution is -2.60. The predicted molar refractivity (Wildman–Crippen MR) is 113 cm³/mol. The number of esters is 1. The summed E-state index contributed by atoms with van der Waals surface area (Å²) in [5.74, 6) is 1.34. The molecule has 0 aromatic rings. The maximum absolute atomic E-state index is 12.0. The van der Waals surface area contributed by atoms with Gasteiger partial charge in [0.1, 0.15) is 0 Å². The lowest BCUT2D eigenvalue weighted by Gasteiger charge is -2.61. The number of ether oxygens (including phenoxy) is 1. The summed E-state index contributed by atoms with van der Waals surface area (Å²) in [6, 6.07) is 0. The van der Waals surface area contributed by atoms with Crippen LogP contribution in [0.2, 0.25) is 0 Å². The van der Waals surface area contributed by atoms with Crippen molar-refractivity contribution in [2.24, 2.45) is 40.4 Å². The third-order valence-electron chi connectivity index (χ3n) is 9.88. The van der Waals surface area contributed by atoms with Crippen molar-refractivity contribution in [3.8, 4) is 0 Å². The highest BCUT2D eigenvalue weighted by Crippen LogP contribution is 2.67. The number of ketones is 1. The maximum Gasteiger partial charge on any atom is 0.305 e. The van der Waals surface area contributed by atoms with Gasteiger partial charge in [0.05, 0.1) is 19.3 Å². The normalized spacial score (nSPS) is 46.3. The minimum absolute atomic E-state index is 0.0886. The van der Waals surface area contributed by atoms with Crippen LogP contribution in [0.15, 0.2) is 11.6 Å². The van der Waals surface area contributed by atoms with E-state index in [2.05, 4.69) is 20.8 Å². The van der Waals surface area contributed by atoms with E-state index in [0.717, 1.165) is 31.3 Å². The second-order valence-electron chi connectivity index (χ2n) is 11.0. The van der Waals surface area contributed by atoms with Crippen LogP contribution >= 0.6 is 0 Å². The molecule has 4 rings (SSSR count). The summed E-state index contributed by atoms with van der Waals surface area (Å²) >= 11 is 0. The van der Waals surface area contributed by atoms with E-state index >= 15 is 0 Å². The molecule has 4 aliphatic rings. The van der Waals surface area contributed by atoms with Crippen molar-refractivity contribution in [1.29, 1.82) is 0 Å². The van der Waals surface area contributed by atoms with Gasteiger partial charge >= 0.3 is 5.97 Å². The van der Waals surface area contributed by atoms with E-state index in [-0.39, 0.29) is 40.3 Å². The van der Waals surface area contributed by atoms with Crippen LogP contribution < -0.4 is 0 Å². The molecular formula is C25H38O5. The average Bonchev–Trinajstić information content (AvgIpc) is 3.06. The van der Waals surface area contributed by atoms with Crippen molar-refractivity contribution >= 4 is 11.8 Å². The molecule has 0 spiro atoms. The summed E-state index contributed by atoms with van der Waals surface area (Å²) < 4.78 is 4.82. The van der Waals surface area contributed by atoms with Gasteiger partial charge in [0.25, 0.3) is 0 Å². The Bertz CT molecular complexity index is 744. The molecule has 2 N–H and O–H groups in total. The van der Waals surface area contributed by atoms with Crippen LogP contribution in [-0.4, -0.2) is 41.3 Å². The zero-order chi connectivity index (χ0) is 21.8. The quantitative estimate of drug-likeness (QED) is 0.681. The van der Waals surface area contributed by atoms with E-state index < -0.39 is 12.2 Å². The van der Waals surface area contributed by atoms with Crippen LogP contribution in [-0.2, 0) is 14.3 Å². The molecule has 3 saturated carbocycles. The molecule has 30 heavy (non-hydrogen) atoms. The summed E-state index contributed by atoms with van der Waals surface area (Å²) in [6.45, 7) is 6.69. The van der Waals surface area contributed by atoms with Gasteiger partial charge in [-0.25, -0.2) is 0 Å². The molecule has 0 aromatic carbocycles. The second kappa shape index (κ2) is 7.74. The highest BCUT2D eigenvalue weighted by Gasteiger charge is 2.64. The smallest absolute Gasteiger partial charge is 0.305 e. The lowest BCUT2D eigenvalue weighted by atomic mass is 9.45. The first-order chi connectivity index (χ1) is 14.1. The van der Waals surface area contributed by atoms with Crippen LogP contribution in [0.25, 0.3) is 0 Å². The van der Waals surface area contributed by atoms with Gasteiger partial charge in [-0.2, -0.15) is 0 Å². The first kappa shape index (κ1) is 22.0. The molecule has 0 saturated heterocycles. The van der Waals surface area contributed by atoms with E-state index in [1.165, 1.54) is 7.11 Å². The van der Waals surface area contributed by atoms with E-state index in [1.807, 2.05) is 0 Å². The third kappa shape index (κ3) is 3.19. The first-order valence-corrected chi connectivity index (χ1v) is 11.8. The van der Waals surface area contributed by atoms with Crippen molar-refractivity contribution < 1.29 is 24.5 Å². The zero-order valence-corrected chi connectivity index (χ0v) is 18.9. The standard InChI is InChI=1S/C25H38O5/c1-14(5-8-22(29)30-4)17-6-7-18-23-19(13-21(28)25(17,18)3)24(2)10-9-16(26)11-15(24)12-20(23)27/h11,14,17-21,23,27-28H,5-10,12-13H2,1-4H3/t14-,17-,18+,19+,20-,21+,23+,24+,25-/m1/s1. The van der Waals surface area contributed by atoms with E-state index in [1.54, 1.807) is 6.08 Å². The van der Waals surface area contributed by atoms with Crippen LogP contribution in [0.1, 0.15) is 72.1 Å². The predicted octanol–water partition coefficient (Wildman–Crippen LogP) is 3.67. The lowest BCUT2D eigenvalue weighted by molar-refractivity contribution is -0.168. The summed E-state index contributed by atoms with van der Waals surface area (Å²) in [5, 5.41) is 22.7. The molecular weight excluding hydrogens is 380 g/mol. The summed E-state index contributed by atoms with van der Waals surface area (Å²) in [5.41, 5.74) is 0.776. The number of hydrogen-bond donors (Lipinski definition) is 2. The molecule has 9 atom stereocenters. The summed E-state index contributed by atoms with van der Waals surface area (Å²) in [6.07, 6.45) is 6.86. The largest absolute Gasteiger partial charge is 0.469 e. The number of rotatable bonds is 4. The van der Waals surface area contributed by atoms with Crippen molar-refractivity contribution in [2.75, 3.05) is 7.11 Å². The molecule has 0 aromatic heterocycles. The Kier molecular flexibility index (Phi) is 5.68. The first-order valence-electron chi connectivity index (χ1n) is 11.8. The number of aliphatic hydroxyl groups excluding tert-OH is 2. The number of carbonyl (C=O) groups is 2. The van der Waals surface area contributed by atoms with E-state index in [9.17, 15) is 19.8 Å². The van der Waals surface area contributed by atoms with Crippen LogP contribution in [0.5, 0.6) is 0 Å². The fourth-order valence-corrected chi connectivity index (χ4v) is 8.11. The molecule has 0 aliphatic heterocycles. The Morgan fingerprint density at radius 1 is 1.27 bits per heavy atom. The van der Waals surface area contributed by atoms with Gasteiger partial charge in [-0.1, -0.05) is 26.3 Å². The zero-order valence-electron chi connectivity index (χ0n) is 18.9. The molecule has 0 amide bonds. The Hall–Kier alpha value is -1.20. The van der Waals surface area contributed by atoms with Crippen molar-refractivity contribution in [3.05, 3.63) is 11.6 Å². The van der Waals surface area contributed by atoms with Gasteiger partial charge in [0, 0.05) is 12.8 Å². The summed E-state index contributed by atoms with van der Waals surface area (Å²) in [7, 11) is 1.43. The molecule has 5 heteroatoms. The topological polar surface area (TPSA) is 83.8 Å². The Labute approximate surface area is 180 Å². The number of carbonyl (C=O) groups excluding carboxylic acids is 2. The molecule has 0 unspecified atom stereocenters. The van der Waals surface area contributed by atoms with Gasteiger partial charge in [0.15, 0.2) is 5.78 Å². The fraction of sp³-hybridized carbons (Fsp3) is 0.840. The summed E-state index contributed by atoms with van der Waals surface area (Å²) in [4.78, 5) is 23.7. The van der Waals surface area contributed by atoms with Gasteiger partial charge in [-0.15, -0.1) is 0 Å². The fourth-order valence-electron chi connectivity index (χ4n) is 8.11. The number of hydrogen-bond acceptors (Lipinski definition) is 5. The molecule has 3 fully saturated rings. The second-order valence-corrected chi connectivity index (χ2v) is 11.0. The molecule has 168 valence electrons. The minimum atomic E-state index is -0.443. The Balaban J connectivity index is 1.61. The van der Waals surface area contributed by atoms with Gasteiger partial charge < -0.3 is 14.9 Å². The minimum Gasteiger partial charge on any atom is -0.469 e. The Morgan fingerprint density at radius 2 is 2.00 bits per heavy atom. The van der Waals surface area contributed by atoms with Crippen molar-refractivity contribution in [1.82, 2.24) is 0 Å². The molecule has 0 radical (unpaired) electrons. The van der Waals surface area contributed by atoms with Crippen molar-refractivity contribution in [2.45, 2.75) is 84.3 Å². The number of fused-ring (bicyclic) bond motifs is 5. The van der Waals surface area contributed by atoms with E-state index in [0.29, 0.717) is 37.5 Å². The third-order valence-corrected chi connectivity index (χ3v) is 9.88. The van der Waals surface area contributed by atoms with Gasteiger partial charge in [-0.05, 0) is 85.0 Å². The van der Waals surface area contributed by atoms with Gasteiger partial charge in [0.2, 0.25) is 0 Å². The number of methoxy groups -OCH3 is 1. The maximum atomic E-state index is 12.0. The monoisotopic (exact) mass is 418 g/mol. The van der Waals surface area contributed by atoms with Crippen molar-refractivity contribution in [3.63, 3.8) is 0 Å². The molecule has 5 nitrogen and oxygen atoms in total. The van der Waals surface area contributed by atoms with Crippen LogP contribution in [0, 0.1) is 40.4 Å². The van der Waals surface area contributed by atoms with E-state index in [4.69, 9.17) is 4.74 Å². The highest BCUT2D eigenvalue weighted by molar-refractivity contribution is 5.91. The number of aliphatic hydroxyl groups is 2. The van der Waals surface area contributed by atoms with Crippen LogP contribution in [0.3, 0.4) is 0 Å². The SMILES string of the molecule is COC(=O)CC[C@@H](C)[C@H]1CC[C@H]2[C@@H]3[C@H](O)CC4=CC(=O)CC[C@]4(C)[C@H]3C[C@H](O)[C@]12C.